The second-order valence-corrected chi connectivity index (χ2v) is 4.58. The van der Waals surface area contributed by atoms with Gasteiger partial charge in [0.1, 0.15) is 5.82 Å². The Kier molecular flexibility index (Phi) is 3.58. The van der Waals surface area contributed by atoms with Gasteiger partial charge in [-0.3, -0.25) is 0 Å². The van der Waals surface area contributed by atoms with Gasteiger partial charge in [-0.15, -0.1) is 0 Å². The van der Waals surface area contributed by atoms with Crippen molar-refractivity contribution in [2.75, 3.05) is 32.4 Å². The van der Waals surface area contributed by atoms with E-state index >= 15 is 0 Å². The number of fused-ring (bicyclic) bond motifs is 2. The number of aliphatic hydroxyl groups is 1. The van der Waals surface area contributed by atoms with Gasteiger partial charge in [-0.1, -0.05) is 0 Å². The summed E-state index contributed by atoms with van der Waals surface area (Å²) in [5.41, 5.74) is 0. The summed E-state index contributed by atoms with van der Waals surface area (Å²) in [5, 5.41) is 14.7. The summed E-state index contributed by atoms with van der Waals surface area (Å²) >= 11 is 0. The fourth-order valence-electron chi connectivity index (χ4n) is 2.17. The fraction of sp³-hybridized carbons (Fsp3) is 0.357. The SMILES string of the molecule is COCC(O)CNc1nccc2cc3c(cc12)OCO3. The molecule has 1 unspecified atom stereocenters. The monoisotopic (exact) mass is 276 g/mol. The Morgan fingerprint density at radius 2 is 2.20 bits per heavy atom. The largest absolute Gasteiger partial charge is 0.454 e. The quantitative estimate of drug-likeness (QED) is 0.859. The Morgan fingerprint density at radius 1 is 1.40 bits per heavy atom. The summed E-state index contributed by atoms with van der Waals surface area (Å²) in [6.45, 7) is 0.896. The number of hydrogen-bond acceptors (Lipinski definition) is 6. The minimum absolute atomic E-state index is 0.244. The van der Waals surface area contributed by atoms with Crippen LogP contribution in [0.25, 0.3) is 10.8 Å². The second kappa shape index (κ2) is 5.52. The molecule has 1 aromatic heterocycles. The predicted molar refractivity (Wildman–Crippen MR) is 74.2 cm³/mol. The normalized spacial score (nSPS) is 14.5. The first-order valence-electron chi connectivity index (χ1n) is 6.37. The zero-order chi connectivity index (χ0) is 13.9. The van der Waals surface area contributed by atoms with Crippen molar-refractivity contribution in [2.45, 2.75) is 6.10 Å². The molecule has 0 fully saturated rings. The maximum atomic E-state index is 9.68. The van der Waals surface area contributed by atoms with Crippen LogP contribution < -0.4 is 14.8 Å². The Morgan fingerprint density at radius 3 is 3.00 bits per heavy atom. The van der Waals surface area contributed by atoms with Crippen LogP contribution in [0.3, 0.4) is 0 Å². The average Bonchev–Trinajstić information content (AvgIpc) is 2.90. The first-order valence-corrected chi connectivity index (χ1v) is 6.37. The van der Waals surface area contributed by atoms with Gasteiger partial charge in [-0.2, -0.15) is 0 Å². The average molecular weight is 276 g/mol. The lowest BCUT2D eigenvalue weighted by Gasteiger charge is -2.13. The van der Waals surface area contributed by atoms with E-state index in [1.54, 1.807) is 13.3 Å². The lowest BCUT2D eigenvalue weighted by Crippen LogP contribution is -2.24. The third-order valence-electron chi connectivity index (χ3n) is 3.12. The summed E-state index contributed by atoms with van der Waals surface area (Å²) in [4.78, 5) is 4.31. The first kappa shape index (κ1) is 13.0. The molecule has 0 amide bonds. The third-order valence-corrected chi connectivity index (χ3v) is 3.12. The number of methoxy groups -OCH3 is 1. The molecular formula is C14H16N2O4. The zero-order valence-corrected chi connectivity index (χ0v) is 11.1. The van der Waals surface area contributed by atoms with E-state index in [0.717, 1.165) is 16.5 Å². The Labute approximate surface area is 116 Å². The van der Waals surface area contributed by atoms with Gasteiger partial charge in [-0.05, 0) is 23.6 Å². The molecule has 1 aromatic carbocycles. The summed E-state index contributed by atoms with van der Waals surface area (Å²) in [7, 11) is 1.56. The van der Waals surface area contributed by atoms with Crippen molar-refractivity contribution in [1.29, 1.82) is 0 Å². The van der Waals surface area contributed by atoms with Gasteiger partial charge in [0.15, 0.2) is 11.5 Å². The molecule has 2 heterocycles. The molecule has 0 bridgehead atoms. The lowest BCUT2D eigenvalue weighted by atomic mass is 10.1. The number of aliphatic hydroxyl groups excluding tert-OH is 1. The molecule has 2 N–H and O–H groups in total. The van der Waals surface area contributed by atoms with Crippen LogP contribution in [0.2, 0.25) is 0 Å². The molecular weight excluding hydrogens is 260 g/mol. The highest BCUT2D eigenvalue weighted by Gasteiger charge is 2.16. The Balaban J connectivity index is 1.87. The minimum Gasteiger partial charge on any atom is -0.454 e. The molecule has 0 aliphatic carbocycles. The van der Waals surface area contributed by atoms with Crippen LogP contribution in [0.15, 0.2) is 24.4 Å². The van der Waals surface area contributed by atoms with Crippen molar-refractivity contribution in [3.63, 3.8) is 0 Å². The smallest absolute Gasteiger partial charge is 0.231 e. The topological polar surface area (TPSA) is 72.8 Å². The number of rotatable bonds is 5. The van der Waals surface area contributed by atoms with Crippen LogP contribution in [0.5, 0.6) is 11.5 Å². The molecule has 1 aliphatic rings. The molecule has 1 atom stereocenters. The van der Waals surface area contributed by atoms with Crippen molar-refractivity contribution in [3.05, 3.63) is 24.4 Å². The van der Waals surface area contributed by atoms with Crippen LogP contribution in [0.4, 0.5) is 5.82 Å². The molecule has 0 spiro atoms. The fourth-order valence-corrected chi connectivity index (χ4v) is 2.17. The standard InChI is InChI=1S/C14H16N2O4/c1-18-7-10(17)6-16-14-11-5-13-12(19-8-20-13)4-9(11)2-3-15-14/h2-5,10,17H,6-8H2,1H3,(H,15,16). The van der Waals surface area contributed by atoms with Gasteiger partial charge in [0.2, 0.25) is 6.79 Å². The molecule has 6 heteroatoms. The number of pyridine rings is 1. The molecule has 20 heavy (non-hydrogen) atoms. The molecule has 0 saturated carbocycles. The van der Waals surface area contributed by atoms with Crippen LogP contribution in [-0.2, 0) is 4.74 Å². The van der Waals surface area contributed by atoms with E-state index in [0.29, 0.717) is 18.1 Å². The van der Waals surface area contributed by atoms with Crippen molar-refractivity contribution < 1.29 is 19.3 Å². The Bertz CT molecular complexity index is 617. The van der Waals surface area contributed by atoms with E-state index in [-0.39, 0.29) is 13.4 Å². The van der Waals surface area contributed by atoms with E-state index in [4.69, 9.17) is 14.2 Å². The molecule has 2 aromatic rings. The highest BCUT2D eigenvalue weighted by molar-refractivity contribution is 5.94. The first-order chi connectivity index (χ1) is 9.78. The van der Waals surface area contributed by atoms with Gasteiger partial charge in [0, 0.05) is 25.2 Å². The van der Waals surface area contributed by atoms with Crippen molar-refractivity contribution in [2.24, 2.45) is 0 Å². The molecule has 6 nitrogen and oxygen atoms in total. The molecule has 0 radical (unpaired) electrons. The van der Waals surface area contributed by atoms with Gasteiger partial charge in [0.05, 0.1) is 12.7 Å². The molecule has 1 aliphatic heterocycles. The number of ether oxygens (including phenoxy) is 3. The van der Waals surface area contributed by atoms with Crippen molar-refractivity contribution in [3.8, 4) is 11.5 Å². The molecule has 0 saturated heterocycles. The minimum atomic E-state index is -0.578. The van der Waals surface area contributed by atoms with E-state index < -0.39 is 6.10 Å². The summed E-state index contributed by atoms with van der Waals surface area (Å²) in [5.74, 6) is 2.16. The summed E-state index contributed by atoms with van der Waals surface area (Å²) in [6, 6.07) is 5.74. The van der Waals surface area contributed by atoms with Gasteiger partial charge >= 0.3 is 0 Å². The summed E-state index contributed by atoms with van der Waals surface area (Å²) in [6.07, 6.45) is 1.14. The van der Waals surface area contributed by atoms with E-state index in [9.17, 15) is 5.11 Å². The predicted octanol–water partition coefficient (Wildman–Crippen LogP) is 1.38. The van der Waals surface area contributed by atoms with Crippen molar-refractivity contribution >= 4 is 16.6 Å². The van der Waals surface area contributed by atoms with Crippen LogP contribution >= 0.6 is 0 Å². The maximum absolute atomic E-state index is 9.68. The van der Waals surface area contributed by atoms with E-state index in [1.165, 1.54) is 0 Å². The lowest BCUT2D eigenvalue weighted by molar-refractivity contribution is 0.0727. The van der Waals surface area contributed by atoms with E-state index in [1.807, 2.05) is 18.2 Å². The maximum Gasteiger partial charge on any atom is 0.231 e. The van der Waals surface area contributed by atoms with Crippen LogP contribution in [0, 0.1) is 0 Å². The van der Waals surface area contributed by atoms with E-state index in [2.05, 4.69) is 10.3 Å². The second-order valence-electron chi connectivity index (χ2n) is 4.58. The number of aromatic nitrogens is 1. The van der Waals surface area contributed by atoms with Crippen molar-refractivity contribution in [1.82, 2.24) is 4.98 Å². The van der Waals surface area contributed by atoms with Gasteiger partial charge < -0.3 is 24.6 Å². The zero-order valence-electron chi connectivity index (χ0n) is 11.1. The van der Waals surface area contributed by atoms with Crippen LogP contribution in [-0.4, -0.2) is 43.2 Å². The van der Waals surface area contributed by atoms with Gasteiger partial charge in [0.25, 0.3) is 0 Å². The van der Waals surface area contributed by atoms with Crippen LogP contribution in [0.1, 0.15) is 0 Å². The molecule has 106 valence electrons. The Hall–Kier alpha value is -2.05. The number of hydrogen-bond donors (Lipinski definition) is 2. The number of nitrogens with zero attached hydrogens (tertiary/aromatic N) is 1. The van der Waals surface area contributed by atoms with Gasteiger partial charge in [-0.25, -0.2) is 4.98 Å². The number of anilines is 1. The number of nitrogens with one attached hydrogen (secondary N) is 1. The third kappa shape index (κ3) is 2.48. The summed E-state index contributed by atoms with van der Waals surface area (Å²) < 4.78 is 15.6. The molecule has 3 rings (SSSR count). The highest BCUT2D eigenvalue weighted by Crippen LogP contribution is 2.37. The number of benzene rings is 1. The highest BCUT2D eigenvalue weighted by atomic mass is 16.7.